The van der Waals surface area contributed by atoms with Crippen LogP contribution in [0.25, 0.3) is 11.7 Å². The second kappa shape index (κ2) is 7.86. The molecule has 0 radical (unpaired) electrons. The number of aromatic nitrogens is 2. The van der Waals surface area contributed by atoms with Crippen LogP contribution in [-0.4, -0.2) is 22.2 Å². The summed E-state index contributed by atoms with van der Waals surface area (Å²) < 4.78 is 11.1. The lowest BCUT2D eigenvalue weighted by Crippen LogP contribution is -2.32. The Kier molecular flexibility index (Phi) is 5.36. The quantitative estimate of drug-likeness (QED) is 0.703. The summed E-state index contributed by atoms with van der Waals surface area (Å²) in [6.45, 7) is 4.59. The van der Waals surface area contributed by atoms with E-state index in [-0.39, 0.29) is 18.3 Å². The second-order valence-electron chi connectivity index (χ2n) is 6.30. The van der Waals surface area contributed by atoms with E-state index in [4.69, 9.17) is 8.83 Å². The monoisotopic (exact) mass is 355 g/mol. The Hall–Kier alpha value is -3.09. The Balaban J connectivity index is 1.51. The van der Waals surface area contributed by atoms with E-state index in [1.807, 2.05) is 0 Å². The van der Waals surface area contributed by atoms with E-state index in [2.05, 4.69) is 48.5 Å². The fourth-order valence-corrected chi connectivity index (χ4v) is 2.51. The van der Waals surface area contributed by atoms with E-state index in [1.54, 1.807) is 12.1 Å². The minimum atomic E-state index is -0.698. The highest BCUT2D eigenvalue weighted by atomic mass is 16.4. The van der Waals surface area contributed by atoms with Crippen LogP contribution in [0.15, 0.2) is 56.3 Å². The van der Waals surface area contributed by atoms with Gasteiger partial charge in [-0.15, -0.1) is 5.10 Å². The summed E-state index contributed by atoms with van der Waals surface area (Å²) in [6.07, 6.45) is 2.17. The van der Waals surface area contributed by atoms with Crippen LogP contribution in [0.5, 0.6) is 0 Å². The van der Waals surface area contributed by atoms with Gasteiger partial charge in [0.1, 0.15) is 6.54 Å². The predicted molar refractivity (Wildman–Crippen MR) is 95.7 cm³/mol. The third-order valence-corrected chi connectivity index (χ3v) is 4.01. The van der Waals surface area contributed by atoms with Crippen LogP contribution in [0, 0.1) is 0 Å². The van der Waals surface area contributed by atoms with Gasteiger partial charge in [0.2, 0.25) is 5.91 Å². The van der Waals surface area contributed by atoms with Crippen LogP contribution in [0.2, 0.25) is 0 Å². The van der Waals surface area contributed by atoms with Crippen LogP contribution in [0.3, 0.4) is 0 Å². The Bertz CT molecular complexity index is 905. The zero-order chi connectivity index (χ0) is 18.5. The molecule has 7 heteroatoms. The summed E-state index contributed by atoms with van der Waals surface area (Å²) in [4.78, 5) is 23.8. The van der Waals surface area contributed by atoms with Crippen molar-refractivity contribution in [3.8, 4) is 11.7 Å². The summed E-state index contributed by atoms with van der Waals surface area (Å²) in [5, 5.41) is 6.75. The number of benzene rings is 1. The van der Waals surface area contributed by atoms with Crippen molar-refractivity contribution >= 4 is 5.91 Å². The summed E-state index contributed by atoms with van der Waals surface area (Å²) in [5.74, 6) is -0.110. The first kappa shape index (κ1) is 17.7. The average molecular weight is 355 g/mol. The molecule has 2 heterocycles. The molecule has 0 fully saturated rings. The van der Waals surface area contributed by atoms with Crippen molar-refractivity contribution in [2.24, 2.45) is 0 Å². The lowest BCUT2D eigenvalue weighted by atomic mass is 10.0. The maximum absolute atomic E-state index is 12.0. The molecule has 0 spiro atoms. The van der Waals surface area contributed by atoms with Gasteiger partial charge in [-0.3, -0.25) is 4.79 Å². The first-order chi connectivity index (χ1) is 12.5. The van der Waals surface area contributed by atoms with Crippen molar-refractivity contribution in [3.63, 3.8) is 0 Å². The van der Waals surface area contributed by atoms with E-state index >= 15 is 0 Å². The molecule has 1 N–H and O–H groups in total. The number of furan rings is 1. The van der Waals surface area contributed by atoms with Gasteiger partial charge < -0.3 is 14.2 Å². The van der Waals surface area contributed by atoms with Gasteiger partial charge in [-0.25, -0.2) is 4.79 Å². The molecule has 0 saturated carbocycles. The molecular formula is C19H21N3O4. The van der Waals surface area contributed by atoms with Crippen molar-refractivity contribution in [2.45, 2.75) is 32.7 Å². The molecule has 0 aliphatic carbocycles. The lowest BCUT2D eigenvalue weighted by molar-refractivity contribution is -0.121. The van der Waals surface area contributed by atoms with E-state index in [9.17, 15) is 9.59 Å². The van der Waals surface area contributed by atoms with Gasteiger partial charge in [-0.1, -0.05) is 38.1 Å². The van der Waals surface area contributed by atoms with Crippen molar-refractivity contribution in [2.75, 3.05) is 6.54 Å². The van der Waals surface area contributed by atoms with Gasteiger partial charge >= 0.3 is 5.76 Å². The molecule has 0 atom stereocenters. The first-order valence-electron chi connectivity index (χ1n) is 8.50. The highest BCUT2D eigenvalue weighted by Gasteiger charge is 2.14. The smallest absolute Gasteiger partial charge is 0.437 e. The molecule has 0 saturated heterocycles. The van der Waals surface area contributed by atoms with Crippen molar-refractivity contribution < 1.29 is 13.6 Å². The largest absolute Gasteiger partial charge is 0.459 e. The van der Waals surface area contributed by atoms with Crippen molar-refractivity contribution in [1.29, 1.82) is 0 Å². The third-order valence-electron chi connectivity index (χ3n) is 4.01. The summed E-state index contributed by atoms with van der Waals surface area (Å²) in [5.41, 5.74) is 2.43. The summed E-state index contributed by atoms with van der Waals surface area (Å²) in [7, 11) is 0. The molecule has 0 aliphatic heterocycles. The van der Waals surface area contributed by atoms with Gasteiger partial charge in [0.15, 0.2) is 5.76 Å². The average Bonchev–Trinajstić information content (AvgIpc) is 3.26. The highest BCUT2D eigenvalue weighted by Crippen LogP contribution is 2.15. The SMILES string of the molecule is CC(C)c1ccc(CCNC(=O)Cn2nc(-c3ccco3)oc2=O)cc1. The minimum Gasteiger partial charge on any atom is -0.459 e. The highest BCUT2D eigenvalue weighted by molar-refractivity contribution is 5.75. The number of hydrogen-bond donors (Lipinski definition) is 1. The maximum atomic E-state index is 12.0. The number of amides is 1. The Morgan fingerprint density at radius 3 is 2.65 bits per heavy atom. The number of nitrogens with zero attached hydrogens (tertiary/aromatic N) is 2. The van der Waals surface area contributed by atoms with Crippen molar-refractivity contribution in [3.05, 3.63) is 64.3 Å². The number of carbonyl (C=O) groups is 1. The van der Waals surface area contributed by atoms with E-state index in [1.165, 1.54) is 11.8 Å². The van der Waals surface area contributed by atoms with Crippen LogP contribution >= 0.6 is 0 Å². The summed E-state index contributed by atoms with van der Waals surface area (Å²) >= 11 is 0. The molecule has 3 aromatic rings. The van der Waals surface area contributed by atoms with E-state index in [0.717, 1.165) is 16.7 Å². The number of nitrogens with one attached hydrogen (secondary N) is 1. The molecule has 0 unspecified atom stereocenters. The molecule has 26 heavy (non-hydrogen) atoms. The van der Waals surface area contributed by atoms with Gasteiger partial charge in [-0.05, 0) is 35.6 Å². The Morgan fingerprint density at radius 2 is 2.00 bits per heavy atom. The standard InChI is InChI=1S/C19H21N3O4/c1-13(2)15-7-5-14(6-8-15)9-10-20-17(23)12-22-19(24)26-18(21-22)16-4-3-11-25-16/h3-8,11,13H,9-10,12H2,1-2H3,(H,20,23). The van der Waals surface area contributed by atoms with Gasteiger partial charge in [0.25, 0.3) is 5.89 Å². The number of carbonyl (C=O) groups excluding carboxylic acids is 1. The molecular weight excluding hydrogens is 334 g/mol. The molecule has 2 aromatic heterocycles. The van der Waals surface area contributed by atoms with E-state index < -0.39 is 5.76 Å². The second-order valence-corrected chi connectivity index (χ2v) is 6.30. The van der Waals surface area contributed by atoms with Gasteiger partial charge in [0, 0.05) is 6.54 Å². The first-order valence-corrected chi connectivity index (χ1v) is 8.50. The van der Waals surface area contributed by atoms with Gasteiger partial charge in [-0.2, -0.15) is 4.68 Å². The molecule has 1 amide bonds. The normalized spacial score (nSPS) is 11.0. The zero-order valence-corrected chi connectivity index (χ0v) is 14.8. The molecule has 3 rings (SSSR count). The molecule has 7 nitrogen and oxygen atoms in total. The van der Waals surface area contributed by atoms with Crippen LogP contribution < -0.4 is 11.1 Å². The molecule has 1 aromatic carbocycles. The minimum absolute atomic E-state index is 0.0537. The van der Waals surface area contributed by atoms with Gasteiger partial charge in [0.05, 0.1) is 6.26 Å². The predicted octanol–water partition coefficient (Wildman–Crippen LogP) is 2.58. The lowest BCUT2D eigenvalue weighted by Gasteiger charge is -2.08. The van der Waals surface area contributed by atoms with Crippen LogP contribution in [-0.2, 0) is 17.8 Å². The maximum Gasteiger partial charge on any atom is 0.437 e. The van der Waals surface area contributed by atoms with Crippen LogP contribution in [0.1, 0.15) is 30.9 Å². The molecule has 0 bridgehead atoms. The summed E-state index contributed by atoms with van der Waals surface area (Å²) in [6, 6.07) is 11.6. The fraction of sp³-hybridized carbons (Fsp3) is 0.316. The van der Waals surface area contributed by atoms with E-state index in [0.29, 0.717) is 18.2 Å². The third kappa shape index (κ3) is 4.30. The molecule has 0 aliphatic rings. The zero-order valence-electron chi connectivity index (χ0n) is 14.8. The number of hydrogen-bond acceptors (Lipinski definition) is 5. The van der Waals surface area contributed by atoms with Crippen molar-refractivity contribution in [1.82, 2.24) is 15.1 Å². The topological polar surface area (TPSA) is 90.3 Å². The fourth-order valence-electron chi connectivity index (χ4n) is 2.51. The Morgan fingerprint density at radius 1 is 1.23 bits per heavy atom. The molecule has 136 valence electrons. The number of rotatable bonds is 7. The van der Waals surface area contributed by atoms with Crippen LogP contribution in [0.4, 0.5) is 0 Å². The Labute approximate surface area is 150 Å².